The van der Waals surface area contributed by atoms with Gasteiger partial charge in [0.25, 0.3) is 5.91 Å². The van der Waals surface area contributed by atoms with Gasteiger partial charge in [-0.1, -0.05) is 17.7 Å². The zero-order chi connectivity index (χ0) is 17.3. The van der Waals surface area contributed by atoms with Crippen LogP contribution in [0.2, 0.25) is 5.02 Å². The van der Waals surface area contributed by atoms with Gasteiger partial charge >= 0.3 is 0 Å². The normalized spacial score (nSPS) is 10.6. The van der Waals surface area contributed by atoms with Crippen molar-refractivity contribution in [1.82, 2.24) is 9.78 Å². The van der Waals surface area contributed by atoms with Gasteiger partial charge in [0.15, 0.2) is 0 Å². The maximum Gasteiger partial charge on any atom is 0.259 e. The minimum Gasteiger partial charge on any atom is -0.506 e. The molecule has 3 rings (SSSR count). The highest BCUT2D eigenvalue weighted by atomic mass is 35.5. The molecule has 0 unspecified atom stereocenters. The van der Waals surface area contributed by atoms with E-state index < -0.39 is 0 Å². The molecule has 122 valence electrons. The molecular formula is C18H16ClN3O2. The molecule has 1 amide bonds. The predicted molar refractivity (Wildman–Crippen MR) is 94.1 cm³/mol. The van der Waals surface area contributed by atoms with E-state index in [1.807, 2.05) is 32.0 Å². The third-order valence-corrected chi connectivity index (χ3v) is 3.98. The lowest BCUT2D eigenvalue weighted by atomic mass is 10.2. The van der Waals surface area contributed by atoms with Crippen LogP contribution in [0.4, 0.5) is 5.69 Å². The van der Waals surface area contributed by atoms with Crippen LogP contribution in [0.5, 0.6) is 5.75 Å². The topological polar surface area (TPSA) is 67.2 Å². The largest absolute Gasteiger partial charge is 0.506 e. The summed E-state index contributed by atoms with van der Waals surface area (Å²) in [5, 5.41) is 17.5. The average Bonchev–Trinajstić information content (AvgIpc) is 2.92. The monoisotopic (exact) mass is 341 g/mol. The first kappa shape index (κ1) is 16.1. The van der Waals surface area contributed by atoms with Gasteiger partial charge < -0.3 is 10.4 Å². The van der Waals surface area contributed by atoms with Crippen LogP contribution in [0.15, 0.2) is 48.7 Å². The fourth-order valence-corrected chi connectivity index (χ4v) is 2.54. The summed E-state index contributed by atoms with van der Waals surface area (Å²) < 4.78 is 1.67. The third-order valence-electron chi connectivity index (χ3n) is 3.73. The van der Waals surface area contributed by atoms with Crippen molar-refractivity contribution in [2.45, 2.75) is 13.8 Å². The van der Waals surface area contributed by atoms with Crippen molar-refractivity contribution in [3.63, 3.8) is 0 Å². The van der Waals surface area contributed by atoms with Crippen LogP contribution in [0, 0.1) is 13.8 Å². The molecule has 0 aliphatic heterocycles. The molecule has 24 heavy (non-hydrogen) atoms. The van der Waals surface area contributed by atoms with Crippen molar-refractivity contribution < 1.29 is 9.90 Å². The number of phenolic OH excluding ortho intramolecular Hbond substituents is 1. The Bertz CT molecular complexity index is 901. The second-order valence-corrected chi connectivity index (χ2v) is 5.94. The summed E-state index contributed by atoms with van der Waals surface area (Å²) in [4.78, 5) is 12.5. The summed E-state index contributed by atoms with van der Waals surface area (Å²) >= 11 is 5.89. The molecule has 1 heterocycles. The van der Waals surface area contributed by atoms with E-state index in [4.69, 9.17) is 11.6 Å². The molecule has 0 atom stereocenters. The summed E-state index contributed by atoms with van der Waals surface area (Å²) in [7, 11) is 0. The van der Waals surface area contributed by atoms with E-state index in [1.165, 1.54) is 6.20 Å². The molecule has 0 saturated heterocycles. The van der Waals surface area contributed by atoms with Gasteiger partial charge in [-0.2, -0.15) is 5.10 Å². The van der Waals surface area contributed by atoms with Gasteiger partial charge in [0.1, 0.15) is 5.75 Å². The van der Waals surface area contributed by atoms with Gasteiger partial charge in [-0.05, 0) is 55.8 Å². The average molecular weight is 342 g/mol. The summed E-state index contributed by atoms with van der Waals surface area (Å²) in [6, 6.07) is 12.3. The molecule has 0 fully saturated rings. The van der Waals surface area contributed by atoms with Crippen molar-refractivity contribution in [3.8, 4) is 11.4 Å². The predicted octanol–water partition coefficient (Wildman–Crippen LogP) is 4.10. The number of anilines is 1. The Hall–Kier alpha value is -2.79. The van der Waals surface area contributed by atoms with Crippen molar-refractivity contribution >= 4 is 23.2 Å². The van der Waals surface area contributed by atoms with Crippen LogP contribution < -0.4 is 5.32 Å². The van der Waals surface area contributed by atoms with E-state index in [1.54, 1.807) is 28.9 Å². The minimum atomic E-state index is -0.327. The number of phenols is 1. The van der Waals surface area contributed by atoms with Crippen molar-refractivity contribution in [3.05, 3.63) is 70.5 Å². The number of amides is 1. The highest BCUT2D eigenvalue weighted by Crippen LogP contribution is 2.25. The zero-order valence-corrected chi connectivity index (χ0v) is 14.0. The van der Waals surface area contributed by atoms with Crippen LogP contribution in [0.3, 0.4) is 0 Å². The molecular weight excluding hydrogens is 326 g/mol. The minimum absolute atomic E-state index is 0.0334. The van der Waals surface area contributed by atoms with Crippen LogP contribution in [0.1, 0.15) is 21.6 Å². The Morgan fingerprint density at radius 3 is 2.54 bits per heavy atom. The van der Waals surface area contributed by atoms with Gasteiger partial charge in [0.05, 0.1) is 28.8 Å². The number of rotatable bonds is 3. The lowest BCUT2D eigenvalue weighted by molar-refractivity contribution is 0.102. The molecule has 0 aliphatic rings. The lowest BCUT2D eigenvalue weighted by Gasteiger charge is -2.08. The second kappa shape index (κ2) is 6.37. The Kier molecular flexibility index (Phi) is 4.27. The Balaban J connectivity index is 1.87. The first-order chi connectivity index (χ1) is 11.5. The van der Waals surface area contributed by atoms with Crippen molar-refractivity contribution in [2.24, 2.45) is 0 Å². The smallest absolute Gasteiger partial charge is 0.259 e. The number of aromatic hydroxyl groups is 1. The lowest BCUT2D eigenvalue weighted by Crippen LogP contribution is -2.13. The maximum absolute atomic E-state index is 12.5. The fourth-order valence-electron chi connectivity index (χ4n) is 2.41. The highest BCUT2D eigenvalue weighted by Gasteiger charge is 2.16. The number of hydrogen-bond acceptors (Lipinski definition) is 3. The van der Waals surface area contributed by atoms with Crippen LogP contribution in [-0.4, -0.2) is 20.8 Å². The van der Waals surface area contributed by atoms with Gasteiger partial charge in [-0.15, -0.1) is 0 Å². The van der Waals surface area contributed by atoms with Crippen LogP contribution in [-0.2, 0) is 0 Å². The van der Waals surface area contributed by atoms with Gasteiger partial charge in [0.2, 0.25) is 0 Å². The standard InChI is InChI=1S/C18H16ClN3O2/c1-11-3-8-16(17(23)9-11)21-18(24)15-10-20-22(12(15)2)14-6-4-13(19)5-7-14/h3-10,23H,1-2H3,(H,21,24). The Morgan fingerprint density at radius 1 is 1.17 bits per heavy atom. The second-order valence-electron chi connectivity index (χ2n) is 5.51. The first-order valence-corrected chi connectivity index (χ1v) is 7.75. The quantitative estimate of drug-likeness (QED) is 0.705. The number of aryl methyl sites for hydroxylation is 1. The van der Waals surface area contributed by atoms with E-state index >= 15 is 0 Å². The summed E-state index contributed by atoms with van der Waals surface area (Å²) in [5.41, 5.74) is 3.22. The zero-order valence-electron chi connectivity index (χ0n) is 13.2. The molecule has 3 aromatic rings. The maximum atomic E-state index is 12.5. The molecule has 0 bridgehead atoms. The first-order valence-electron chi connectivity index (χ1n) is 7.37. The van der Waals surface area contributed by atoms with E-state index in [-0.39, 0.29) is 11.7 Å². The van der Waals surface area contributed by atoms with E-state index in [2.05, 4.69) is 10.4 Å². The van der Waals surface area contributed by atoms with Gasteiger partial charge in [0, 0.05) is 5.02 Å². The summed E-state index contributed by atoms with van der Waals surface area (Å²) in [6.07, 6.45) is 1.50. The van der Waals surface area contributed by atoms with E-state index in [0.29, 0.717) is 22.0 Å². The molecule has 0 aliphatic carbocycles. The highest BCUT2D eigenvalue weighted by molar-refractivity contribution is 6.30. The molecule has 2 aromatic carbocycles. The van der Waals surface area contributed by atoms with Gasteiger partial charge in [-0.3, -0.25) is 4.79 Å². The summed E-state index contributed by atoms with van der Waals surface area (Å²) in [6.45, 7) is 3.68. The SMILES string of the molecule is Cc1ccc(NC(=O)c2cnn(-c3ccc(Cl)cc3)c2C)c(O)c1. The molecule has 1 aromatic heterocycles. The third kappa shape index (κ3) is 3.12. The molecule has 6 heteroatoms. The number of halogens is 1. The summed E-state index contributed by atoms with van der Waals surface area (Å²) in [5.74, 6) is -0.294. The van der Waals surface area contributed by atoms with Crippen LogP contribution >= 0.6 is 11.6 Å². The van der Waals surface area contributed by atoms with Crippen molar-refractivity contribution in [1.29, 1.82) is 0 Å². The number of nitrogens with one attached hydrogen (secondary N) is 1. The van der Waals surface area contributed by atoms with Crippen LogP contribution in [0.25, 0.3) is 5.69 Å². The molecule has 5 nitrogen and oxygen atoms in total. The number of carbonyl (C=O) groups excluding carboxylic acids is 1. The molecule has 0 spiro atoms. The number of benzene rings is 2. The number of nitrogens with zero attached hydrogens (tertiary/aromatic N) is 2. The molecule has 0 saturated carbocycles. The molecule has 2 N–H and O–H groups in total. The number of hydrogen-bond donors (Lipinski definition) is 2. The fraction of sp³-hybridized carbons (Fsp3) is 0.111. The van der Waals surface area contributed by atoms with E-state index in [0.717, 1.165) is 11.3 Å². The Morgan fingerprint density at radius 2 is 1.88 bits per heavy atom. The van der Waals surface area contributed by atoms with Gasteiger partial charge in [-0.25, -0.2) is 4.68 Å². The number of aromatic nitrogens is 2. The van der Waals surface area contributed by atoms with Crippen molar-refractivity contribution in [2.75, 3.05) is 5.32 Å². The Labute approximate surface area is 144 Å². The molecule has 0 radical (unpaired) electrons. The number of carbonyl (C=O) groups is 1. The van der Waals surface area contributed by atoms with E-state index in [9.17, 15) is 9.90 Å².